The maximum absolute atomic E-state index is 10.8. The summed E-state index contributed by atoms with van der Waals surface area (Å²) in [6.07, 6.45) is 7.29. The van der Waals surface area contributed by atoms with Gasteiger partial charge in [-0.1, -0.05) is 6.92 Å². The summed E-state index contributed by atoms with van der Waals surface area (Å²) in [5, 5.41) is 8.87. The van der Waals surface area contributed by atoms with Crippen LogP contribution in [0.25, 0.3) is 0 Å². The van der Waals surface area contributed by atoms with Crippen LogP contribution in [0.15, 0.2) is 31.0 Å². The first kappa shape index (κ1) is 13.1. The predicted octanol–water partition coefficient (Wildman–Crippen LogP) is 1.97. The second-order valence-corrected chi connectivity index (χ2v) is 4.08. The van der Waals surface area contributed by atoms with Crippen LogP contribution in [-0.2, 0) is 13.2 Å². The van der Waals surface area contributed by atoms with Crippen molar-refractivity contribution in [2.24, 2.45) is 0 Å². The summed E-state index contributed by atoms with van der Waals surface area (Å²) in [5.74, 6) is -0.585. The highest BCUT2D eigenvalue weighted by atomic mass is 16.5. The highest BCUT2D eigenvalue weighted by molar-refractivity contribution is 5.87. The number of imidazole rings is 1. The van der Waals surface area contributed by atoms with E-state index in [1.807, 2.05) is 4.57 Å². The molecule has 0 spiro atoms. The molecule has 6 nitrogen and oxygen atoms in total. The van der Waals surface area contributed by atoms with Crippen LogP contribution in [0, 0.1) is 0 Å². The average Bonchev–Trinajstić information content (AvgIpc) is 2.85. The summed E-state index contributed by atoms with van der Waals surface area (Å²) < 4.78 is 7.55. The fraction of sp³-hybridized carbons (Fsp3) is 0.308. The van der Waals surface area contributed by atoms with Crippen LogP contribution in [0.1, 0.15) is 29.4 Å². The number of nitrogens with zero attached hydrogens (tertiary/aromatic N) is 3. The molecule has 6 heteroatoms. The molecule has 0 radical (unpaired) electrons. The van der Waals surface area contributed by atoms with Crippen molar-refractivity contribution in [3.8, 4) is 5.75 Å². The molecule has 100 valence electrons. The molecule has 2 heterocycles. The summed E-state index contributed by atoms with van der Waals surface area (Å²) in [5.41, 5.74) is 1.06. The number of rotatable bonds is 6. The van der Waals surface area contributed by atoms with Crippen molar-refractivity contribution >= 4 is 5.97 Å². The molecule has 2 aromatic rings. The second kappa shape index (κ2) is 5.99. The third kappa shape index (κ3) is 3.31. The molecule has 0 fully saturated rings. The van der Waals surface area contributed by atoms with Gasteiger partial charge in [-0.2, -0.15) is 0 Å². The lowest BCUT2D eigenvalue weighted by atomic mass is 10.3. The van der Waals surface area contributed by atoms with Gasteiger partial charge in [0.1, 0.15) is 12.4 Å². The molecule has 1 N–H and O–H groups in total. The van der Waals surface area contributed by atoms with Crippen LogP contribution >= 0.6 is 0 Å². The quantitative estimate of drug-likeness (QED) is 0.860. The normalized spacial score (nSPS) is 10.4. The Kier molecular flexibility index (Phi) is 4.12. The van der Waals surface area contributed by atoms with Gasteiger partial charge >= 0.3 is 5.97 Å². The van der Waals surface area contributed by atoms with Crippen LogP contribution in [0.5, 0.6) is 5.75 Å². The molecule has 0 amide bonds. The minimum absolute atomic E-state index is 0.111. The van der Waals surface area contributed by atoms with E-state index in [0.29, 0.717) is 12.4 Å². The van der Waals surface area contributed by atoms with E-state index in [-0.39, 0.29) is 5.56 Å². The SMILES string of the molecule is CCCn1cncc1COc1cncc(C(=O)O)c1. The highest BCUT2D eigenvalue weighted by Crippen LogP contribution is 2.13. The minimum atomic E-state index is -1.02. The topological polar surface area (TPSA) is 77.2 Å². The van der Waals surface area contributed by atoms with Gasteiger partial charge in [0.15, 0.2) is 0 Å². The molecule has 19 heavy (non-hydrogen) atoms. The summed E-state index contributed by atoms with van der Waals surface area (Å²) in [6.45, 7) is 3.31. The molecule has 0 aromatic carbocycles. The van der Waals surface area contributed by atoms with Crippen molar-refractivity contribution in [1.29, 1.82) is 0 Å². The molecule has 0 saturated carbocycles. The molecule has 0 unspecified atom stereocenters. The van der Waals surface area contributed by atoms with Gasteiger partial charge in [-0.3, -0.25) is 4.98 Å². The Balaban J connectivity index is 2.04. The zero-order valence-corrected chi connectivity index (χ0v) is 10.6. The fourth-order valence-corrected chi connectivity index (χ4v) is 1.68. The second-order valence-electron chi connectivity index (χ2n) is 4.08. The van der Waals surface area contributed by atoms with Crippen LogP contribution < -0.4 is 4.74 Å². The molecule has 2 aromatic heterocycles. The third-order valence-corrected chi connectivity index (χ3v) is 2.61. The maximum atomic E-state index is 10.8. The highest BCUT2D eigenvalue weighted by Gasteiger charge is 2.06. The van der Waals surface area contributed by atoms with E-state index in [9.17, 15) is 4.79 Å². The third-order valence-electron chi connectivity index (χ3n) is 2.61. The van der Waals surface area contributed by atoms with Gasteiger partial charge in [0.25, 0.3) is 0 Å². The lowest BCUT2D eigenvalue weighted by molar-refractivity contribution is 0.0696. The average molecular weight is 261 g/mol. The first-order chi connectivity index (χ1) is 9.20. The van der Waals surface area contributed by atoms with E-state index in [0.717, 1.165) is 18.7 Å². The van der Waals surface area contributed by atoms with Gasteiger partial charge in [0.05, 0.1) is 30.0 Å². The molecular formula is C13H15N3O3. The number of carboxylic acids is 1. The van der Waals surface area contributed by atoms with E-state index in [1.165, 1.54) is 18.5 Å². The first-order valence-electron chi connectivity index (χ1n) is 6.01. The molecule has 0 bridgehead atoms. The molecular weight excluding hydrogens is 246 g/mol. The van der Waals surface area contributed by atoms with Gasteiger partial charge in [-0.15, -0.1) is 0 Å². The number of carboxylic acid groups (broad SMARTS) is 1. The van der Waals surface area contributed by atoms with E-state index >= 15 is 0 Å². The number of hydrogen-bond acceptors (Lipinski definition) is 4. The number of aromatic nitrogens is 3. The van der Waals surface area contributed by atoms with Crippen molar-refractivity contribution in [3.63, 3.8) is 0 Å². The van der Waals surface area contributed by atoms with Gasteiger partial charge in [0.2, 0.25) is 0 Å². The predicted molar refractivity (Wildman–Crippen MR) is 68.0 cm³/mol. The molecule has 0 atom stereocenters. The van der Waals surface area contributed by atoms with E-state index in [2.05, 4.69) is 16.9 Å². The Morgan fingerprint density at radius 1 is 1.37 bits per heavy atom. The summed E-state index contributed by atoms with van der Waals surface area (Å²) >= 11 is 0. The number of carbonyl (C=O) groups is 1. The smallest absolute Gasteiger partial charge is 0.337 e. The van der Waals surface area contributed by atoms with Crippen LogP contribution in [0.2, 0.25) is 0 Å². The zero-order chi connectivity index (χ0) is 13.7. The van der Waals surface area contributed by atoms with Crippen molar-refractivity contribution < 1.29 is 14.6 Å². The van der Waals surface area contributed by atoms with E-state index in [1.54, 1.807) is 12.5 Å². The van der Waals surface area contributed by atoms with Gasteiger partial charge < -0.3 is 14.4 Å². The lowest BCUT2D eigenvalue weighted by Crippen LogP contribution is -2.05. The Hall–Kier alpha value is -2.37. The Morgan fingerprint density at radius 2 is 2.21 bits per heavy atom. The molecule has 2 rings (SSSR count). The van der Waals surface area contributed by atoms with Crippen molar-refractivity contribution in [3.05, 3.63) is 42.2 Å². The summed E-state index contributed by atoms with van der Waals surface area (Å²) in [6, 6.07) is 1.45. The van der Waals surface area contributed by atoms with E-state index < -0.39 is 5.97 Å². The number of aryl methyl sites for hydroxylation is 1. The fourth-order valence-electron chi connectivity index (χ4n) is 1.68. The van der Waals surface area contributed by atoms with Crippen molar-refractivity contribution in [1.82, 2.24) is 14.5 Å². The van der Waals surface area contributed by atoms with Crippen molar-refractivity contribution in [2.75, 3.05) is 0 Å². The summed E-state index contributed by atoms with van der Waals surface area (Å²) in [4.78, 5) is 18.7. The number of pyridine rings is 1. The Bertz CT molecular complexity index is 566. The molecule has 0 aliphatic heterocycles. The Labute approximate surface area is 110 Å². The monoisotopic (exact) mass is 261 g/mol. The maximum Gasteiger partial charge on any atom is 0.337 e. The van der Waals surface area contributed by atoms with Gasteiger partial charge in [0, 0.05) is 12.7 Å². The van der Waals surface area contributed by atoms with Gasteiger partial charge in [-0.25, -0.2) is 9.78 Å². The lowest BCUT2D eigenvalue weighted by Gasteiger charge is -2.08. The van der Waals surface area contributed by atoms with E-state index in [4.69, 9.17) is 9.84 Å². The molecule has 0 aliphatic carbocycles. The molecule has 0 aliphatic rings. The van der Waals surface area contributed by atoms with Crippen molar-refractivity contribution in [2.45, 2.75) is 26.5 Å². The van der Waals surface area contributed by atoms with Crippen LogP contribution in [-0.4, -0.2) is 25.6 Å². The Morgan fingerprint density at radius 3 is 2.95 bits per heavy atom. The first-order valence-corrected chi connectivity index (χ1v) is 6.01. The van der Waals surface area contributed by atoms with Gasteiger partial charge in [-0.05, 0) is 12.5 Å². The number of aromatic carboxylic acids is 1. The number of ether oxygens (including phenoxy) is 1. The zero-order valence-electron chi connectivity index (χ0n) is 10.6. The van der Waals surface area contributed by atoms with Crippen LogP contribution in [0.4, 0.5) is 0 Å². The van der Waals surface area contributed by atoms with Crippen LogP contribution in [0.3, 0.4) is 0 Å². The standard InChI is InChI=1S/C13H15N3O3/c1-2-3-16-9-15-6-11(16)8-19-12-4-10(13(17)18)5-14-7-12/h4-7,9H,2-3,8H2,1H3,(H,17,18). The minimum Gasteiger partial charge on any atom is -0.486 e. The summed E-state index contributed by atoms with van der Waals surface area (Å²) in [7, 11) is 0. The molecule has 0 saturated heterocycles. The number of hydrogen-bond donors (Lipinski definition) is 1. The largest absolute Gasteiger partial charge is 0.486 e.